The fourth-order valence-electron chi connectivity index (χ4n) is 1.97. The van der Waals surface area contributed by atoms with Gasteiger partial charge in [-0.2, -0.15) is 0 Å². The molecule has 2 N–H and O–H groups in total. The topological polar surface area (TPSA) is 43.7 Å². The predicted molar refractivity (Wildman–Crippen MR) is 52.5 cm³/mol. The summed E-state index contributed by atoms with van der Waals surface area (Å²) < 4.78 is 0. The fraction of sp³-hybridized carbons (Fsp3) is 1.00. The Morgan fingerprint density at radius 1 is 1.38 bits per heavy atom. The lowest BCUT2D eigenvalue weighted by Gasteiger charge is -2.35. The average molecular weight is 187 g/mol. The van der Waals surface area contributed by atoms with Crippen molar-refractivity contribution in [3.63, 3.8) is 0 Å². The molecule has 1 heterocycles. The molecule has 3 heteroatoms. The Morgan fingerprint density at radius 2 is 2.15 bits per heavy atom. The van der Waals surface area contributed by atoms with Crippen molar-refractivity contribution in [3.8, 4) is 0 Å². The molecule has 0 amide bonds. The van der Waals surface area contributed by atoms with Crippen LogP contribution in [0.25, 0.3) is 0 Å². The minimum atomic E-state index is 0.245. The van der Waals surface area contributed by atoms with Crippen molar-refractivity contribution < 1.29 is 10.2 Å². The molecule has 0 aliphatic carbocycles. The summed E-state index contributed by atoms with van der Waals surface area (Å²) in [6, 6.07) is 0.336. The molecule has 0 aromatic heterocycles. The summed E-state index contributed by atoms with van der Waals surface area (Å²) in [5.74, 6) is 0.326. The summed E-state index contributed by atoms with van der Waals surface area (Å²) in [6.07, 6.45) is 3.57. The highest BCUT2D eigenvalue weighted by Crippen LogP contribution is 2.17. The van der Waals surface area contributed by atoms with Crippen LogP contribution in [0.3, 0.4) is 0 Å². The molecule has 0 aromatic rings. The van der Waals surface area contributed by atoms with Crippen LogP contribution in [0.2, 0.25) is 0 Å². The number of hydrogen-bond donors (Lipinski definition) is 2. The second kappa shape index (κ2) is 5.58. The molecular formula is C10H21NO2. The summed E-state index contributed by atoms with van der Waals surface area (Å²) in [4.78, 5) is 2.31. The molecule has 0 spiro atoms. The van der Waals surface area contributed by atoms with Gasteiger partial charge >= 0.3 is 0 Å². The Bertz CT molecular complexity index is 141. The van der Waals surface area contributed by atoms with E-state index < -0.39 is 0 Å². The molecule has 3 nitrogen and oxygen atoms in total. The van der Waals surface area contributed by atoms with E-state index in [1.54, 1.807) is 0 Å². The number of rotatable bonds is 4. The van der Waals surface area contributed by atoms with Gasteiger partial charge in [0.1, 0.15) is 0 Å². The first kappa shape index (κ1) is 11.0. The minimum Gasteiger partial charge on any atom is -0.396 e. The first-order valence-corrected chi connectivity index (χ1v) is 5.23. The fourth-order valence-corrected chi connectivity index (χ4v) is 1.97. The van der Waals surface area contributed by atoms with Gasteiger partial charge in [0.15, 0.2) is 0 Å². The summed E-state index contributed by atoms with van der Waals surface area (Å²) in [6.45, 7) is 4.55. The number of aliphatic hydroxyl groups excluding tert-OH is 2. The summed E-state index contributed by atoms with van der Waals surface area (Å²) in [7, 11) is 0. The van der Waals surface area contributed by atoms with E-state index >= 15 is 0 Å². The monoisotopic (exact) mass is 187 g/mol. The van der Waals surface area contributed by atoms with Crippen LogP contribution >= 0.6 is 0 Å². The molecule has 0 radical (unpaired) electrons. The molecule has 2 atom stereocenters. The SMILES string of the molecule is CC(CO)CN1CCCCC1CO. The summed E-state index contributed by atoms with van der Waals surface area (Å²) >= 11 is 0. The first-order valence-electron chi connectivity index (χ1n) is 5.23. The van der Waals surface area contributed by atoms with Crippen molar-refractivity contribution >= 4 is 0 Å². The van der Waals surface area contributed by atoms with Gasteiger partial charge in [-0.15, -0.1) is 0 Å². The zero-order valence-corrected chi connectivity index (χ0v) is 8.45. The Labute approximate surface area is 80.4 Å². The maximum atomic E-state index is 9.14. The number of hydrogen-bond acceptors (Lipinski definition) is 3. The van der Waals surface area contributed by atoms with E-state index in [2.05, 4.69) is 4.90 Å². The molecule has 1 fully saturated rings. The van der Waals surface area contributed by atoms with E-state index in [0.717, 1.165) is 19.5 Å². The first-order chi connectivity index (χ1) is 6.27. The third-order valence-corrected chi connectivity index (χ3v) is 2.82. The molecule has 2 unspecified atom stereocenters. The lowest BCUT2D eigenvalue weighted by atomic mass is 10.0. The maximum Gasteiger partial charge on any atom is 0.0586 e. The highest BCUT2D eigenvalue weighted by Gasteiger charge is 2.22. The van der Waals surface area contributed by atoms with Crippen molar-refractivity contribution in [3.05, 3.63) is 0 Å². The van der Waals surface area contributed by atoms with Crippen LogP contribution in [0, 0.1) is 5.92 Å². The number of piperidine rings is 1. The Kier molecular flexibility index (Phi) is 4.70. The summed E-state index contributed by atoms with van der Waals surface area (Å²) in [5, 5.41) is 18.1. The molecule has 13 heavy (non-hydrogen) atoms. The Hall–Kier alpha value is -0.120. The van der Waals surface area contributed by atoms with Crippen molar-refractivity contribution in [2.45, 2.75) is 32.2 Å². The molecule has 1 rings (SSSR count). The smallest absolute Gasteiger partial charge is 0.0586 e. The van der Waals surface area contributed by atoms with Gasteiger partial charge in [0.25, 0.3) is 0 Å². The third kappa shape index (κ3) is 3.25. The molecular weight excluding hydrogens is 166 g/mol. The molecule has 1 aliphatic heterocycles. The van der Waals surface area contributed by atoms with Gasteiger partial charge in [-0.05, 0) is 25.3 Å². The van der Waals surface area contributed by atoms with Crippen LogP contribution in [0.5, 0.6) is 0 Å². The van der Waals surface area contributed by atoms with Crippen LogP contribution in [-0.4, -0.2) is 47.5 Å². The van der Waals surface area contributed by atoms with E-state index in [1.807, 2.05) is 6.92 Å². The van der Waals surface area contributed by atoms with Crippen LogP contribution in [0.15, 0.2) is 0 Å². The van der Waals surface area contributed by atoms with Crippen LogP contribution in [0.1, 0.15) is 26.2 Å². The van der Waals surface area contributed by atoms with E-state index in [-0.39, 0.29) is 13.2 Å². The van der Waals surface area contributed by atoms with Gasteiger partial charge in [-0.1, -0.05) is 13.3 Å². The molecule has 1 aliphatic rings. The minimum absolute atomic E-state index is 0.245. The van der Waals surface area contributed by atoms with Gasteiger partial charge < -0.3 is 10.2 Å². The Balaban J connectivity index is 2.35. The normalized spacial score (nSPS) is 27.5. The van der Waals surface area contributed by atoms with Gasteiger partial charge in [0, 0.05) is 19.2 Å². The highest BCUT2D eigenvalue weighted by molar-refractivity contribution is 4.77. The number of aliphatic hydroxyl groups is 2. The van der Waals surface area contributed by atoms with Crippen molar-refractivity contribution in [1.29, 1.82) is 0 Å². The maximum absolute atomic E-state index is 9.14. The Morgan fingerprint density at radius 3 is 2.77 bits per heavy atom. The quantitative estimate of drug-likeness (QED) is 0.672. The third-order valence-electron chi connectivity index (χ3n) is 2.82. The van der Waals surface area contributed by atoms with Gasteiger partial charge in [-0.25, -0.2) is 0 Å². The highest BCUT2D eigenvalue weighted by atomic mass is 16.3. The van der Waals surface area contributed by atoms with E-state index in [4.69, 9.17) is 10.2 Å². The van der Waals surface area contributed by atoms with E-state index in [0.29, 0.717) is 12.0 Å². The van der Waals surface area contributed by atoms with E-state index in [1.165, 1.54) is 12.8 Å². The lowest BCUT2D eigenvalue weighted by molar-refractivity contribution is 0.0675. The van der Waals surface area contributed by atoms with Gasteiger partial charge in [0.05, 0.1) is 6.61 Å². The van der Waals surface area contributed by atoms with Crippen LogP contribution < -0.4 is 0 Å². The van der Waals surface area contributed by atoms with Gasteiger partial charge in [0.2, 0.25) is 0 Å². The van der Waals surface area contributed by atoms with Crippen molar-refractivity contribution in [2.75, 3.05) is 26.3 Å². The lowest BCUT2D eigenvalue weighted by Crippen LogP contribution is -2.44. The molecule has 1 saturated heterocycles. The molecule has 0 aromatic carbocycles. The number of likely N-dealkylation sites (tertiary alicyclic amines) is 1. The second-order valence-corrected chi connectivity index (χ2v) is 4.11. The predicted octanol–water partition coefficient (Wildman–Crippen LogP) is 0.462. The average Bonchev–Trinajstić information content (AvgIpc) is 2.18. The zero-order valence-electron chi connectivity index (χ0n) is 8.45. The second-order valence-electron chi connectivity index (χ2n) is 4.11. The standard InChI is InChI=1S/C10H21NO2/c1-9(7-12)6-11-5-3-2-4-10(11)8-13/h9-10,12-13H,2-8H2,1H3. The number of nitrogens with zero attached hydrogens (tertiary/aromatic N) is 1. The summed E-state index contributed by atoms with van der Waals surface area (Å²) in [5.41, 5.74) is 0. The van der Waals surface area contributed by atoms with Crippen LogP contribution in [0.4, 0.5) is 0 Å². The van der Waals surface area contributed by atoms with E-state index in [9.17, 15) is 0 Å². The van der Waals surface area contributed by atoms with Gasteiger partial charge in [-0.3, -0.25) is 4.90 Å². The molecule has 78 valence electrons. The largest absolute Gasteiger partial charge is 0.396 e. The molecule has 0 saturated carbocycles. The molecule has 0 bridgehead atoms. The van der Waals surface area contributed by atoms with Crippen LogP contribution in [-0.2, 0) is 0 Å². The van der Waals surface area contributed by atoms with Crippen molar-refractivity contribution in [2.24, 2.45) is 5.92 Å². The van der Waals surface area contributed by atoms with Crippen molar-refractivity contribution in [1.82, 2.24) is 4.90 Å². The zero-order chi connectivity index (χ0) is 9.68.